The summed E-state index contributed by atoms with van der Waals surface area (Å²) in [4.78, 5) is 24.8. The van der Waals surface area contributed by atoms with Crippen molar-refractivity contribution >= 4 is 11.9 Å². The number of esters is 2. The Bertz CT molecular complexity index is 730. The summed E-state index contributed by atoms with van der Waals surface area (Å²) in [6, 6.07) is 0. The van der Waals surface area contributed by atoms with E-state index in [0.29, 0.717) is 6.42 Å². The van der Waals surface area contributed by atoms with E-state index in [2.05, 4.69) is 6.58 Å². The zero-order chi connectivity index (χ0) is 21.6. The van der Waals surface area contributed by atoms with Crippen molar-refractivity contribution in [3.05, 3.63) is 23.8 Å². The van der Waals surface area contributed by atoms with Crippen LogP contribution in [0.1, 0.15) is 40.0 Å². The molecule has 3 aliphatic rings. The van der Waals surface area contributed by atoms with E-state index in [9.17, 15) is 19.8 Å². The maximum absolute atomic E-state index is 12.6. The third-order valence-electron chi connectivity index (χ3n) is 6.42. The van der Waals surface area contributed by atoms with Crippen molar-refractivity contribution in [2.75, 3.05) is 13.7 Å². The highest BCUT2D eigenvalue weighted by molar-refractivity contribution is 5.91. The van der Waals surface area contributed by atoms with Crippen LogP contribution in [0.15, 0.2) is 23.8 Å². The molecule has 29 heavy (non-hydrogen) atoms. The molecule has 2 fully saturated rings. The topological polar surface area (TPSA) is 112 Å². The average Bonchev–Trinajstić information content (AvgIpc) is 3.11. The minimum absolute atomic E-state index is 0.0880. The van der Waals surface area contributed by atoms with Gasteiger partial charge in [0, 0.05) is 31.1 Å². The maximum atomic E-state index is 12.6. The highest BCUT2D eigenvalue weighted by Crippen LogP contribution is 2.48. The summed E-state index contributed by atoms with van der Waals surface area (Å²) in [5.41, 5.74) is -0.665. The number of carbonyl (C=O) groups excluding carboxylic acids is 2. The molecule has 0 aliphatic carbocycles. The summed E-state index contributed by atoms with van der Waals surface area (Å²) in [5.74, 6) is -3.73. The van der Waals surface area contributed by atoms with E-state index in [1.54, 1.807) is 13.8 Å². The molecule has 2 saturated heterocycles. The minimum atomic E-state index is -1.78. The number of methoxy groups -OCH3 is 1. The van der Waals surface area contributed by atoms with Gasteiger partial charge in [-0.05, 0) is 19.4 Å². The van der Waals surface area contributed by atoms with Gasteiger partial charge in [0.1, 0.15) is 12.2 Å². The predicted molar refractivity (Wildman–Crippen MR) is 101 cm³/mol. The monoisotopic (exact) mass is 410 g/mol. The minimum Gasteiger partial charge on any atom is -0.461 e. The summed E-state index contributed by atoms with van der Waals surface area (Å²) >= 11 is 0. The van der Waals surface area contributed by atoms with Gasteiger partial charge in [0.25, 0.3) is 0 Å². The van der Waals surface area contributed by atoms with Crippen LogP contribution in [0, 0.1) is 11.8 Å². The largest absolute Gasteiger partial charge is 0.461 e. The lowest BCUT2D eigenvalue weighted by Gasteiger charge is -2.35. The van der Waals surface area contributed by atoms with E-state index < -0.39 is 48.2 Å². The van der Waals surface area contributed by atoms with E-state index >= 15 is 0 Å². The number of rotatable bonds is 5. The lowest BCUT2D eigenvalue weighted by atomic mass is 9.80. The zero-order valence-electron chi connectivity index (χ0n) is 17.3. The summed E-state index contributed by atoms with van der Waals surface area (Å²) in [6.45, 7) is 8.77. The second kappa shape index (κ2) is 7.83. The average molecular weight is 410 g/mol. The quantitative estimate of drug-likeness (QED) is 0.396. The summed E-state index contributed by atoms with van der Waals surface area (Å²) < 4.78 is 22.9. The molecule has 0 aromatic carbocycles. The molecule has 0 saturated carbocycles. The number of ether oxygens (including phenoxy) is 4. The van der Waals surface area contributed by atoms with Gasteiger partial charge in [-0.3, -0.25) is 4.79 Å². The van der Waals surface area contributed by atoms with Crippen LogP contribution in [0.25, 0.3) is 0 Å². The summed E-state index contributed by atoms with van der Waals surface area (Å²) in [5, 5.41) is 21.0. The highest BCUT2D eigenvalue weighted by Gasteiger charge is 2.59. The first-order valence-electron chi connectivity index (χ1n) is 9.96. The molecule has 3 rings (SSSR count). The Labute approximate surface area is 170 Å². The standard InChI is InChI=1S/C21H30O8/c1-6-11(2)18(23)28-15-8-20(4)16(26-5)9-21(25,29-20)13(10-22)7-14-17(15)12(3)19(24)27-14/h7,11,14-17,22,25H,3,6,8-10H2,1-2,4-5H3/b13-7-/t11-,14+,15+,16-,17-,20+,21+/m0/s1. The molecular formula is C21H30O8. The third kappa shape index (κ3) is 3.74. The van der Waals surface area contributed by atoms with Crippen LogP contribution in [0.2, 0.25) is 0 Å². The van der Waals surface area contributed by atoms with Crippen molar-refractivity contribution in [3.8, 4) is 0 Å². The first-order valence-corrected chi connectivity index (χ1v) is 9.96. The molecule has 2 bridgehead atoms. The number of hydrogen-bond acceptors (Lipinski definition) is 8. The lowest BCUT2D eigenvalue weighted by molar-refractivity contribution is -0.212. The highest BCUT2D eigenvalue weighted by atomic mass is 16.7. The first-order chi connectivity index (χ1) is 13.6. The van der Waals surface area contributed by atoms with Crippen LogP contribution < -0.4 is 0 Å². The number of hydrogen-bond donors (Lipinski definition) is 2. The molecule has 8 nitrogen and oxygen atoms in total. The lowest BCUT2D eigenvalue weighted by Crippen LogP contribution is -2.45. The van der Waals surface area contributed by atoms with E-state index in [1.165, 1.54) is 13.2 Å². The van der Waals surface area contributed by atoms with Crippen molar-refractivity contribution in [1.82, 2.24) is 0 Å². The van der Waals surface area contributed by atoms with Crippen LogP contribution >= 0.6 is 0 Å². The number of carbonyl (C=O) groups is 2. The van der Waals surface area contributed by atoms with Crippen molar-refractivity contribution in [1.29, 1.82) is 0 Å². The molecule has 162 valence electrons. The van der Waals surface area contributed by atoms with Gasteiger partial charge in [-0.15, -0.1) is 0 Å². The van der Waals surface area contributed by atoms with Crippen molar-refractivity contribution in [2.45, 2.75) is 69.7 Å². The Morgan fingerprint density at radius 2 is 2.14 bits per heavy atom. The molecule has 0 unspecified atom stereocenters. The van der Waals surface area contributed by atoms with E-state index in [-0.39, 0.29) is 35.9 Å². The Kier molecular flexibility index (Phi) is 5.93. The molecule has 7 atom stereocenters. The van der Waals surface area contributed by atoms with Gasteiger partial charge in [0.05, 0.1) is 30.1 Å². The molecule has 0 spiro atoms. The fourth-order valence-corrected chi connectivity index (χ4v) is 4.42. The molecule has 2 N–H and O–H groups in total. The van der Waals surface area contributed by atoms with Gasteiger partial charge in [0.15, 0.2) is 5.79 Å². The van der Waals surface area contributed by atoms with E-state index in [1.807, 2.05) is 6.92 Å². The fraction of sp³-hybridized carbons (Fsp3) is 0.714. The zero-order valence-corrected chi connectivity index (χ0v) is 17.3. The second-order valence-electron chi connectivity index (χ2n) is 8.39. The molecule has 0 radical (unpaired) electrons. The normalized spacial score (nSPS) is 42.1. The van der Waals surface area contributed by atoms with Crippen molar-refractivity contribution in [3.63, 3.8) is 0 Å². The van der Waals surface area contributed by atoms with Gasteiger partial charge in [-0.1, -0.05) is 20.4 Å². The SMILES string of the molecule is C=C1C(=O)O[C@@H]2/C=C(/CO)[C@@]3(O)C[C@H](OC)[C@@](C)(C[C@@H](OC(=O)[C@@H](C)CC)[C@@H]12)O3. The van der Waals surface area contributed by atoms with Crippen LogP contribution in [0.4, 0.5) is 0 Å². The maximum Gasteiger partial charge on any atom is 0.334 e. The summed E-state index contributed by atoms with van der Waals surface area (Å²) in [6.07, 6.45) is 0.218. The number of aliphatic hydroxyl groups excluding tert-OH is 1. The van der Waals surface area contributed by atoms with Crippen LogP contribution in [0.3, 0.4) is 0 Å². The molecule has 3 heterocycles. The predicted octanol–water partition coefficient (Wildman–Crippen LogP) is 1.25. The third-order valence-corrected chi connectivity index (χ3v) is 6.42. The van der Waals surface area contributed by atoms with E-state index in [0.717, 1.165) is 0 Å². The Balaban J connectivity index is 2.08. The molecule has 0 aromatic heterocycles. The van der Waals surface area contributed by atoms with Gasteiger partial charge >= 0.3 is 11.9 Å². The number of aliphatic hydroxyl groups is 2. The van der Waals surface area contributed by atoms with Crippen molar-refractivity contribution in [2.24, 2.45) is 11.8 Å². The number of fused-ring (bicyclic) bond motifs is 3. The Hall–Kier alpha value is -1.74. The van der Waals surface area contributed by atoms with E-state index in [4.69, 9.17) is 18.9 Å². The Morgan fingerprint density at radius 1 is 1.45 bits per heavy atom. The molecule has 0 amide bonds. The molecule has 0 aromatic rings. The van der Waals surface area contributed by atoms with Gasteiger partial charge < -0.3 is 29.2 Å². The smallest absolute Gasteiger partial charge is 0.334 e. The Morgan fingerprint density at radius 3 is 2.72 bits per heavy atom. The van der Waals surface area contributed by atoms with Crippen LogP contribution in [0.5, 0.6) is 0 Å². The van der Waals surface area contributed by atoms with Gasteiger partial charge in [-0.25, -0.2) is 4.79 Å². The fourth-order valence-electron chi connectivity index (χ4n) is 4.42. The van der Waals surface area contributed by atoms with Gasteiger partial charge in [0.2, 0.25) is 0 Å². The summed E-state index contributed by atoms with van der Waals surface area (Å²) in [7, 11) is 1.51. The first kappa shape index (κ1) is 22.0. The molecule has 3 aliphatic heterocycles. The molecule has 8 heteroatoms. The van der Waals surface area contributed by atoms with Crippen molar-refractivity contribution < 1.29 is 38.7 Å². The second-order valence-corrected chi connectivity index (χ2v) is 8.39. The van der Waals surface area contributed by atoms with Crippen LogP contribution in [-0.2, 0) is 28.5 Å². The van der Waals surface area contributed by atoms with Gasteiger partial charge in [-0.2, -0.15) is 0 Å². The molecular weight excluding hydrogens is 380 g/mol. The van der Waals surface area contributed by atoms with Crippen LogP contribution in [-0.4, -0.2) is 65.6 Å².